The van der Waals surface area contributed by atoms with Crippen molar-refractivity contribution in [2.45, 2.75) is 77.2 Å². The second-order valence-corrected chi connectivity index (χ2v) is 5.31. The average Bonchev–Trinajstić information content (AvgIpc) is 2.38. The molecule has 106 valence electrons. The molecule has 0 N–H and O–H groups in total. The third kappa shape index (κ3) is 9.47. The Labute approximate surface area is 114 Å². The van der Waals surface area contributed by atoms with Crippen LogP contribution in [0.2, 0.25) is 0 Å². The van der Waals surface area contributed by atoms with E-state index >= 15 is 0 Å². The predicted molar refractivity (Wildman–Crippen MR) is 82.0 cm³/mol. The van der Waals surface area contributed by atoms with Crippen molar-refractivity contribution in [1.82, 2.24) is 0 Å². The molecular weight excluding hydrogens is 220 g/mol. The minimum absolute atomic E-state index is 0.146. The normalized spacial score (nSPS) is 14.1. The zero-order valence-corrected chi connectivity index (χ0v) is 12.5. The van der Waals surface area contributed by atoms with Crippen LogP contribution in [0.1, 0.15) is 71.6 Å². The van der Waals surface area contributed by atoms with Gasteiger partial charge in [-0.05, 0) is 19.8 Å². The lowest BCUT2D eigenvalue weighted by atomic mass is 9.97. The number of hydrogen-bond donors (Lipinski definition) is 0. The first-order valence-corrected chi connectivity index (χ1v) is 7.57. The Morgan fingerprint density at radius 1 is 1.00 bits per heavy atom. The van der Waals surface area contributed by atoms with Gasteiger partial charge in [-0.3, -0.25) is 0 Å². The summed E-state index contributed by atoms with van der Waals surface area (Å²) in [6.45, 7) is 12.8. The van der Waals surface area contributed by atoms with Crippen LogP contribution >= 0.6 is 0 Å². The fraction of sp³-hybridized carbons (Fsp3) is 0.765. The molecule has 0 aliphatic heterocycles. The highest BCUT2D eigenvalue weighted by Crippen LogP contribution is 2.21. The molecule has 0 spiro atoms. The van der Waals surface area contributed by atoms with Gasteiger partial charge in [0.25, 0.3) is 0 Å². The molecule has 0 saturated carbocycles. The Hall–Kier alpha value is -0.560. The summed E-state index contributed by atoms with van der Waals surface area (Å²) >= 11 is 0. The largest absolute Gasteiger partial charge is 0.371 e. The number of rotatable bonds is 13. The van der Waals surface area contributed by atoms with Gasteiger partial charge in [-0.25, -0.2) is 0 Å². The van der Waals surface area contributed by atoms with Crippen LogP contribution in [0.4, 0.5) is 0 Å². The molecule has 0 aromatic carbocycles. The molecule has 18 heavy (non-hydrogen) atoms. The van der Waals surface area contributed by atoms with Crippen molar-refractivity contribution in [3.8, 4) is 0 Å². The molecule has 0 amide bonds. The zero-order valence-electron chi connectivity index (χ0n) is 12.5. The Bertz CT molecular complexity index is 210. The molecule has 0 aliphatic rings. The lowest BCUT2D eigenvalue weighted by Crippen LogP contribution is -2.26. The summed E-state index contributed by atoms with van der Waals surface area (Å²) in [6.07, 6.45) is 15.3. The summed E-state index contributed by atoms with van der Waals surface area (Å²) < 4.78 is 5.87. The molecule has 0 rings (SSSR count). The van der Waals surface area contributed by atoms with Crippen molar-refractivity contribution in [3.05, 3.63) is 25.3 Å². The summed E-state index contributed by atoms with van der Waals surface area (Å²) in [4.78, 5) is 0. The molecule has 1 heteroatoms. The Morgan fingerprint density at radius 3 is 2.17 bits per heavy atom. The maximum absolute atomic E-state index is 5.87. The van der Waals surface area contributed by atoms with E-state index in [9.17, 15) is 0 Å². The summed E-state index contributed by atoms with van der Waals surface area (Å²) in [7, 11) is 0. The second kappa shape index (κ2) is 11.5. The van der Waals surface area contributed by atoms with Gasteiger partial charge in [0.2, 0.25) is 0 Å². The van der Waals surface area contributed by atoms with Gasteiger partial charge in [0, 0.05) is 0 Å². The van der Waals surface area contributed by atoms with Crippen LogP contribution in [0, 0.1) is 0 Å². The topological polar surface area (TPSA) is 9.23 Å². The molecule has 1 atom stereocenters. The quantitative estimate of drug-likeness (QED) is 0.303. The maximum atomic E-state index is 5.87. The van der Waals surface area contributed by atoms with Gasteiger partial charge in [0.05, 0.1) is 12.2 Å². The Kier molecular flexibility index (Phi) is 11.2. The van der Waals surface area contributed by atoms with Gasteiger partial charge in [-0.1, -0.05) is 64.0 Å². The fourth-order valence-electron chi connectivity index (χ4n) is 2.04. The molecule has 0 bridgehead atoms. The van der Waals surface area contributed by atoms with E-state index in [0.29, 0.717) is 0 Å². The van der Waals surface area contributed by atoms with E-state index in [4.69, 9.17) is 4.74 Å². The molecule has 0 radical (unpaired) electrons. The van der Waals surface area contributed by atoms with Gasteiger partial charge in [-0.15, -0.1) is 13.2 Å². The van der Waals surface area contributed by atoms with E-state index in [1.165, 1.54) is 44.9 Å². The standard InChI is InChI=1S/C17H32O/c1-5-8-10-11-12-13-14-15-17(4,7-3)18-16-9-6-2/h6-7H,2-3,5,8-16H2,1,4H3. The second-order valence-electron chi connectivity index (χ2n) is 5.31. The van der Waals surface area contributed by atoms with Crippen LogP contribution in [0.15, 0.2) is 25.3 Å². The Morgan fingerprint density at radius 2 is 1.61 bits per heavy atom. The molecule has 1 nitrogen and oxygen atoms in total. The third-order valence-electron chi connectivity index (χ3n) is 3.46. The van der Waals surface area contributed by atoms with Crippen LogP contribution in [0.5, 0.6) is 0 Å². The van der Waals surface area contributed by atoms with Crippen LogP contribution in [-0.4, -0.2) is 12.2 Å². The van der Waals surface area contributed by atoms with Crippen LogP contribution < -0.4 is 0 Å². The highest BCUT2D eigenvalue weighted by atomic mass is 16.5. The predicted octanol–water partition coefficient (Wildman–Crippen LogP) is 5.66. The van der Waals surface area contributed by atoms with E-state index in [1.54, 1.807) is 0 Å². The third-order valence-corrected chi connectivity index (χ3v) is 3.46. The minimum atomic E-state index is -0.146. The van der Waals surface area contributed by atoms with Gasteiger partial charge in [0.15, 0.2) is 0 Å². The number of ether oxygens (including phenoxy) is 1. The van der Waals surface area contributed by atoms with Gasteiger partial charge in [-0.2, -0.15) is 0 Å². The summed E-state index contributed by atoms with van der Waals surface area (Å²) in [6, 6.07) is 0. The number of unbranched alkanes of at least 4 members (excludes halogenated alkanes) is 6. The van der Waals surface area contributed by atoms with Crippen molar-refractivity contribution in [2.75, 3.05) is 6.61 Å². The van der Waals surface area contributed by atoms with Gasteiger partial charge >= 0.3 is 0 Å². The first-order valence-electron chi connectivity index (χ1n) is 7.57. The van der Waals surface area contributed by atoms with Crippen molar-refractivity contribution in [3.63, 3.8) is 0 Å². The number of hydrogen-bond acceptors (Lipinski definition) is 1. The highest BCUT2D eigenvalue weighted by Gasteiger charge is 2.19. The molecular formula is C17H32O. The molecule has 1 unspecified atom stereocenters. The first-order chi connectivity index (χ1) is 8.68. The van der Waals surface area contributed by atoms with Gasteiger partial charge in [0.1, 0.15) is 0 Å². The van der Waals surface area contributed by atoms with E-state index in [1.807, 2.05) is 12.2 Å². The highest BCUT2D eigenvalue weighted by molar-refractivity contribution is 4.93. The summed E-state index contributed by atoms with van der Waals surface area (Å²) in [5, 5.41) is 0. The van der Waals surface area contributed by atoms with E-state index in [2.05, 4.69) is 27.0 Å². The lowest BCUT2D eigenvalue weighted by molar-refractivity contribution is 0.000610. The van der Waals surface area contributed by atoms with Crippen LogP contribution in [0.3, 0.4) is 0 Å². The summed E-state index contributed by atoms with van der Waals surface area (Å²) in [5.41, 5.74) is -0.146. The fourth-order valence-corrected chi connectivity index (χ4v) is 2.04. The van der Waals surface area contributed by atoms with E-state index < -0.39 is 0 Å². The SMILES string of the molecule is C=CCCOC(C)(C=C)CCCCCCCCC. The van der Waals surface area contributed by atoms with E-state index in [-0.39, 0.29) is 5.60 Å². The Balaban J connectivity index is 3.59. The minimum Gasteiger partial charge on any atom is -0.371 e. The van der Waals surface area contributed by atoms with Crippen molar-refractivity contribution in [1.29, 1.82) is 0 Å². The van der Waals surface area contributed by atoms with E-state index in [0.717, 1.165) is 19.4 Å². The smallest absolute Gasteiger partial charge is 0.0831 e. The molecule has 0 aliphatic carbocycles. The monoisotopic (exact) mass is 252 g/mol. The van der Waals surface area contributed by atoms with Crippen molar-refractivity contribution < 1.29 is 4.74 Å². The molecule has 0 heterocycles. The van der Waals surface area contributed by atoms with Crippen LogP contribution in [0.25, 0.3) is 0 Å². The maximum Gasteiger partial charge on any atom is 0.0831 e. The molecule has 0 fully saturated rings. The lowest BCUT2D eigenvalue weighted by Gasteiger charge is -2.26. The van der Waals surface area contributed by atoms with Crippen LogP contribution in [-0.2, 0) is 4.74 Å². The van der Waals surface area contributed by atoms with Crippen molar-refractivity contribution in [2.24, 2.45) is 0 Å². The van der Waals surface area contributed by atoms with Gasteiger partial charge < -0.3 is 4.74 Å². The average molecular weight is 252 g/mol. The molecule has 0 aromatic rings. The zero-order chi connectivity index (χ0) is 13.7. The molecule has 0 saturated heterocycles. The van der Waals surface area contributed by atoms with Crippen molar-refractivity contribution >= 4 is 0 Å². The molecule has 0 aromatic heterocycles. The first kappa shape index (κ1) is 17.4. The summed E-state index contributed by atoms with van der Waals surface area (Å²) in [5.74, 6) is 0.